The van der Waals surface area contributed by atoms with E-state index in [1.165, 1.54) is 109 Å². The highest BCUT2D eigenvalue weighted by Gasteiger charge is 2.36. The number of hydrogen-bond donors (Lipinski definition) is 4. The van der Waals surface area contributed by atoms with E-state index < -0.39 is 35.3 Å². The molecule has 52 heavy (non-hydrogen) atoms. The summed E-state index contributed by atoms with van der Waals surface area (Å²) in [6.45, 7) is 0. The van der Waals surface area contributed by atoms with Crippen molar-refractivity contribution in [2.75, 3.05) is 11.5 Å². The van der Waals surface area contributed by atoms with Gasteiger partial charge >= 0.3 is 12.4 Å². The topological polar surface area (TPSA) is 138 Å². The monoisotopic (exact) mass is 710 g/mol. The molecule has 0 aromatic heterocycles. The molecule has 0 saturated heterocycles. The molecule has 0 heterocycles. The van der Waals surface area contributed by atoms with Crippen molar-refractivity contribution < 1.29 is 35.9 Å². The summed E-state index contributed by atoms with van der Waals surface area (Å²) in [4.78, 5) is 24.8. The first-order valence-corrected chi connectivity index (χ1v) is 15.6. The molecule has 6 aromatic carbocycles. The molecule has 0 fully saturated rings. The maximum absolute atomic E-state index is 14.6. The molecule has 2 amide bonds. The Balaban J connectivity index is 1.74. The average molecular weight is 711 g/mol. The number of carbonyl (C=O) groups is 2. The molecule has 8 N–H and O–H groups in total. The van der Waals surface area contributed by atoms with Crippen molar-refractivity contribution in [3.63, 3.8) is 0 Å². The summed E-state index contributed by atoms with van der Waals surface area (Å²) < 4.78 is 87.4. The molecule has 12 heteroatoms. The predicted molar refractivity (Wildman–Crippen MR) is 189 cm³/mol. The van der Waals surface area contributed by atoms with E-state index in [1.54, 1.807) is 0 Å². The number of hydrogen-bond acceptors (Lipinski definition) is 4. The third kappa shape index (κ3) is 6.78. The fraction of sp³-hybridized carbons (Fsp3) is 0.0500. The second-order valence-corrected chi connectivity index (χ2v) is 11.9. The molecule has 6 rings (SSSR count). The van der Waals surface area contributed by atoms with Gasteiger partial charge in [0.15, 0.2) is 0 Å². The standard InChI is InChI=1S/C40H28F6N4O2/c41-39(42,43)35-7-3-1-5-27(35)33-17-21(31-19-23(47)11-15-29(31)37(49)51)9-13-25(33)26-14-10-22(32-20-24(48)12-16-30(32)38(50)52)18-34(26)28-6-2-4-8-36(28)40(44,45)46/h1-20H,47-48H2,(H2,49,51)(H2,50,52). The Morgan fingerprint density at radius 1 is 0.404 bits per heavy atom. The molecule has 0 unspecified atom stereocenters. The number of benzene rings is 6. The van der Waals surface area contributed by atoms with Gasteiger partial charge in [-0.15, -0.1) is 0 Å². The van der Waals surface area contributed by atoms with Crippen LogP contribution in [0.5, 0.6) is 0 Å². The van der Waals surface area contributed by atoms with Gasteiger partial charge in [-0.2, -0.15) is 26.3 Å². The van der Waals surface area contributed by atoms with Crippen LogP contribution in [0.4, 0.5) is 37.7 Å². The number of amides is 2. The minimum atomic E-state index is -4.83. The van der Waals surface area contributed by atoms with E-state index in [1.807, 2.05) is 0 Å². The first-order valence-electron chi connectivity index (χ1n) is 15.6. The van der Waals surface area contributed by atoms with Crippen LogP contribution in [-0.4, -0.2) is 11.8 Å². The zero-order chi connectivity index (χ0) is 37.5. The zero-order valence-corrected chi connectivity index (χ0v) is 26.9. The van der Waals surface area contributed by atoms with Crippen molar-refractivity contribution in [3.8, 4) is 55.6 Å². The molecule has 0 aliphatic carbocycles. The van der Waals surface area contributed by atoms with Gasteiger partial charge in [-0.05, 0) is 116 Å². The van der Waals surface area contributed by atoms with Crippen LogP contribution in [0.3, 0.4) is 0 Å². The van der Waals surface area contributed by atoms with Gasteiger partial charge in [-0.25, -0.2) is 0 Å². The molecule has 0 radical (unpaired) electrons. The van der Waals surface area contributed by atoms with Crippen LogP contribution >= 0.6 is 0 Å². The Hall–Kier alpha value is -6.56. The number of carbonyl (C=O) groups excluding carboxylic acids is 2. The third-order valence-electron chi connectivity index (χ3n) is 8.61. The van der Waals surface area contributed by atoms with E-state index in [9.17, 15) is 35.9 Å². The van der Waals surface area contributed by atoms with E-state index in [0.29, 0.717) is 0 Å². The maximum atomic E-state index is 14.6. The number of primary amides is 2. The summed E-state index contributed by atoms with van der Waals surface area (Å²) in [5.74, 6) is -1.62. The smallest absolute Gasteiger partial charge is 0.399 e. The highest BCUT2D eigenvalue weighted by molar-refractivity contribution is 6.04. The van der Waals surface area contributed by atoms with Crippen LogP contribution in [0.2, 0.25) is 0 Å². The normalized spacial score (nSPS) is 11.7. The van der Waals surface area contributed by atoms with Gasteiger partial charge in [-0.1, -0.05) is 60.7 Å². The van der Waals surface area contributed by atoms with Crippen LogP contribution in [0.1, 0.15) is 31.8 Å². The van der Waals surface area contributed by atoms with Crippen molar-refractivity contribution in [1.29, 1.82) is 0 Å². The Morgan fingerprint density at radius 2 is 0.769 bits per heavy atom. The minimum absolute atomic E-state index is 0.0106. The lowest BCUT2D eigenvalue weighted by atomic mass is 9.83. The van der Waals surface area contributed by atoms with Gasteiger partial charge in [0.1, 0.15) is 0 Å². The van der Waals surface area contributed by atoms with E-state index in [4.69, 9.17) is 22.9 Å². The second kappa shape index (κ2) is 13.3. The van der Waals surface area contributed by atoms with Crippen molar-refractivity contribution in [1.82, 2.24) is 0 Å². The van der Waals surface area contributed by atoms with Crippen LogP contribution in [0.15, 0.2) is 121 Å². The molecular formula is C40H28F6N4O2. The summed E-state index contributed by atoms with van der Waals surface area (Å²) in [7, 11) is 0. The lowest BCUT2D eigenvalue weighted by Gasteiger charge is -2.22. The van der Waals surface area contributed by atoms with Gasteiger partial charge in [0.25, 0.3) is 0 Å². The summed E-state index contributed by atoms with van der Waals surface area (Å²) in [6, 6.07) is 27.0. The van der Waals surface area contributed by atoms with Gasteiger partial charge in [0, 0.05) is 22.5 Å². The van der Waals surface area contributed by atoms with Crippen molar-refractivity contribution in [2.24, 2.45) is 11.5 Å². The Labute approximate surface area is 293 Å². The van der Waals surface area contributed by atoms with Crippen LogP contribution in [-0.2, 0) is 12.4 Å². The van der Waals surface area contributed by atoms with E-state index in [0.717, 1.165) is 12.1 Å². The number of nitrogens with two attached hydrogens (primary N) is 4. The molecule has 0 bridgehead atoms. The second-order valence-electron chi connectivity index (χ2n) is 11.9. The molecule has 6 nitrogen and oxygen atoms in total. The molecule has 0 aliphatic rings. The summed E-state index contributed by atoms with van der Waals surface area (Å²) in [6.07, 6.45) is -9.65. The summed E-state index contributed by atoms with van der Waals surface area (Å²) in [5.41, 5.74) is 22.6. The quantitative estimate of drug-likeness (QED) is 0.0969. The molecule has 0 spiro atoms. The van der Waals surface area contributed by atoms with Gasteiger partial charge in [0.2, 0.25) is 11.8 Å². The molecule has 0 aliphatic heterocycles. The third-order valence-corrected chi connectivity index (χ3v) is 8.61. The Kier molecular flexibility index (Phi) is 9.01. The van der Waals surface area contributed by atoms with Crippen molar-refractivity contribution in [2.45, 2.75) is 12.4 Å². The molecular weight excluding hydrogens is 682 g/mol. The SMILES string of the molecule is NC(=O)c1ccc(N)cc1-c1ccc(-c2ccc(-c3cc(N)ccc3C(N)=O)cc2-c2ccccc2C(F)(F)F)c(-c2ccccc2C(F)(F)F)c1. The largest absolute Gasteiger partial charge is 0.417 e. The van der Waals surface area contributed by atoms with E-state index in [-0.39, 0.29) is 78.1 Å². The first-order chi connectivity index (χ1) is 24.5. The lowest BCUT2D eigenvalue weighted by molar-refractivity contribution is -0.137. The van der Waals surface area contributed by atoms with Crippen LogP contribution in [0.25, 0.3) is 55.6 Å². The molecule has 262 valence electrons. The Bertz CT molecular complexity index is 2220. The minimum Gasteiger partial charge on any atom is -0.399 e. The van der Waals surface area contributed by atoms with E-state index >= 15 is 0 Å². The average Bonchev–Trinajstić information content (AvgIpc) is 3.10. The van der Waals surface area contributed by atoms with Gasteiger partial charge in [0.05, 0.1) is 11.1 Å². The number of nitrogen functional groups attached to an aromatic ring is 2. The van der Waals surface area contributed by atoms with E-state index in [2.05, 4.69) is 0 Å². The number of anilines is 2. The Morgan fingerprint density at radius 3 is 1.12 bits per heavy atom. The van der Waals surface area contributed by atoms with Gasteiger partial charge in [-0.3, -0.25) is 9.59 Å². The summed E-state index contributed by atoms with van der Waals surface area (Å²) in [5, 5.41) is 0. The highest BCUT2D eigenvalue weighted by atomic mass is 19.4. The lowest BCUT2D eigenvalue weighted by Crippen LogP contribution is -2.13. The fourth-order valence-corrected chi connectivity index (χ4v) is 6.30. The molecule has 6 aromatic rings. The molecule has 0 saturated carbocycles. The summed E-state index contributed by atoms with van der Waals surface area (Å²) >= 11 is 0. The van der Waals surface area contributed by atoms with Crippen molar-refractivity contribution in [3.05, 3.63) is 144 Å². The number of alkyl halides is 6. The highest BCUT2D eigenvalue weighted by Crippen LogP contribution is 2.48. The van der Waals surface area contributed by atoms with Crippen LogP contribution < -0.4 is 22.9 Å². The molecule has 0 atom stereocenters. The maximum Gasteiger partial charge on any atom is 0.417 e. The first kappa shape index (κ1) is 35.3. The van der Waals surface area contributed by atoms with Crippen LogP contribution in [0, 0.1) is 0 Å². The number of halogens is 6. The zero-order valence-electron chi connectivity index (χ0n) is 26.9. The van der Waals surface area contributed by atoms with Gasteiger partial charge < -0.3 is 22.9 Å². The predicted octanol–water partition coefficient (Wildman–Crippen LogP) is 9.42. The number of rotatable bonds is 7. The fourth-order valence-electron chi connectivity index (χ4n) is 6.30. The van der Waals surface area contributed by atoms with Crippen molar-refractivity contribution >= 4 is 23.2 Å².